The van der Waals surface area contributed by atoms with Crippen molar-refractivity contribution in [2.75, 3.05) is 30.5 Å². The fourth-order valence-corrected chi connectivity index (χ4v) is 2.65. The van der Waals surface area contributed by atoms with Crippen molar-refractivity contribution in [1.82, 2.24) is 5.32 Å². The van der Waals surface area contributed by atoms with Gasteiger partial charge in [-0.2, -0.15) is 0 Å². The van der Waals surface area contributed by atoms with Crippen molar-refractivity contribution in [3.63, 3.8) is 0 Å². The summed E-state index contributed by atoms with van der Waals surface area (Å²) in [6, 6.07) is 0. The lowest BCUT2D eigenvalue weighted by Gasteiger charge is -2.13. The van der Waals surface area contributed by atoms with Gasteiger partial charge >= 0.3 is 0 Å². The summed E-state index contributed by atoms with van der Waals surface area (Å²) in [6.07, 6.45) is 2.85. The summed E-state index contributed by atoms with van der Waals surface area (Å²) in [7, 11) is -2.80. The zero-order chi connectivity index (χ0) is 12.4. The number of nitrogens with one attached hydrogen (secondary N) is 1. The summed E-state index contributed by atoms with van der Waals surface area (Å²) in [4.78, 5) is 0. The van der Waals surface area contributed by atoms with E-state index in [0.29, 0.717) is 24.0 Å². The Bertz CT molecular complexity index is 255. The Kier molecular flexibility index (Phi) is 9.37. The van der Waals surface area contributed by atoms with Gasteiger partial charge in [-0.05, 0) is 31.8 Å². The highest BCUT2D eigenvalue weighted by molar-refractivity contribution is 7.91. The molecular formula is C11H24ClNO2S. The van der Waals surface area contributed by atoms with Crippen LogP contribution in [0.4, 0.5) is 0 Å². The molecule has 0 radical (unpaired) electrons. The van der Waals surface area contributed by atoms with E-state index in [1.807, 2.05) is 0 Å². The van der Waals surface area contributed by atoms with Crippen molar-refractivity contribution in [3.05, 3.63) is 0 Å². The number of rotatable bonds is 10. The number of alkyl halides is 1. The summed E-state index contributed by atoms with van der Waals surface area (Å²) in [6.45, 7) is 5.56. The third kappa shape index (κ3) is 8.36. The lowest BCUT2D eigenvalue weighted by molar-refractivity contribution is 0.452. The molecule has 0 aliphatic rings. The highest BCUT2D eigenvalue weighted by atomic mass is 35.5. The zero-order valence-electron chi connectivity index (χ0n) is 10.3. The first kappa shape index (κ1) is 16.2. The monoisotopic (exact) mass is 269 g/mol. The molecule has 0 aromatic heterocycles. The molecule has 0 aromatic carbocycles. The average molecular weight is 270 g/mol. The summed E-state index contributed by atoms with van der Waals surface area (Å²) in [5.41, 5.74) is 0. The molecule has 0 saturated carbocycles. The minimum Gasteiger partial charge on any atom is -0.316 e. The average Bonchev–Trinajstić information content (AvgIpc) is 2.27. The molecule has 0 heterocycles. The largest absolute Gasteiger partial charge is 0.316 e. The third-order valence-electron chi connectivity index (χ3n) is 2.78. The minimum absolute atomic E-state index is 0.247. The van der Waals surface area contributed by atoms with Gasteiger partial charge in [0.05, 0.1) is 5.75 Å². The standard InChI is InChI=1S/C11H24ClNO2S/c1-3-11(6-7-12)10-13-8-5-9-16(14,15)4-2/h11,13H,3-10H2,1-2H3. The van der Waals surface area contributed by atoms with Crippen LogP contribution in [0.5, 0.6) is 0 Å². The maximum atomic E-state index is 11.2. The molecule has 0 aromatic rings. The highest BCUT2D eigenvalue weighted by Gasteiger charge is 2.07. The predicted molar refractivity (Wildman–Crippen MR) is 70.9 cm³/mol. The van der Waals surface area contributed by atoms with Crippen LogP contribution in [-0.4, -0.2) is 38.9 Å². The van der Waals surface area contributed by atoms with Crippen molar-refractivity contribution in [3.8, 4) is 0 Å². The Morgan fingerprint density at radius 3 is 2.50 bits per heavy atom. The molecule has 16 heavy (non-hydrogen) atoms. The van der Waals surface area contributed by atoms with Gasteiger partial charge in [0.25, 0.3) is 0 Å². The summed E-state index contributed by atoms with van der Waals surface area (Å²) >= 11 is 5.69. The van der Waals surface area contributed by atoms with Crippen molar-refractivity contribution in [1.29, 1.82) is 0 Å². The van der Waals surface area contributed by atoms with Gasteiger partial charge in [-0.15, -0.1) is 11.6 Å². The van der Waals surface area contributed by atoms with E-state index in [1.54, 1.807) is 6.92 Å². The van der Waals surface area contributed by atoms with Crippen LogP contribution in [0.3, 0.4) is 0 Å². The summed E-state index contributed by atoms with van der Waals surface area (Å²) in [5, 5.41) is 3.29. The van der Waals surface area contributed by atoms with E-state index in [-0.39, 0.29) is 5.75 Å². The van der Waals surface area contributed by atoms with E-state index in [9.17, 15) is 8.42 Å². The number of hydrogen-bond donors (Lipinski definition) is 1. The van der Waals surface area contributed by atoms with E-state index in [1.165, 1.54) is 0 Å². The second-order valence-electron chi connectivity index (χ2n) is 4.05. The van der Waals surface area contributed by atoms with Crippen molar-refractivity contribution >= 4 is 21.4 Å². The first-order valence-electron chi connectivity index (χ1n) is 6.02. The van der Waals surface area contributed by atoms with Crippen LogP contribution in [0.2, 0.25) is 0 Å². The smallest absolute Gasteiger partial charge is 0.150 e. The third-order valence-corrected chi connectivity index (χ3v) is 4.78. The van der Waals surface area contributed by atoms with Crippen LogP contribution in [0.1, 0.15) is 33.1 Å². The molecule has 0 aliphatic heterocycles. The van der Waals surface area contributed by atoms with Gasteiger partial charge in [-0.1, -0.05) is 20.3 Å². The molecule has 98 valence electrons. The second-order valence-corrected chi connectivity index (χ2v) is 6.90. The van der Waals surface area contributed by atoms with E-state index in [0.717, 1.165) is 25.9 Å². The first-order valence-corrected chi connectivity index (χ1v) is 8.38. The predicted octanol–water partition coefficient (Wildman–Crippen LogP) is 2.06. The Morgan fingerprint density at radius 2 is 2.00 bits per heavy atom. The molecular weight excluding hydrogens is 246 g/mol. The van der Waals surface area contributed by atoms with Crippen LogP contribution in [0, 0.1) is 5.92 Å². The molecule has 1 unspecified atom stereocenters. The van der Waals surface area contributed by atoms with Crippen molar-refractivity contribution < 1.29 is 8.42 Å². The van der Waals surface area contributed by atoms with Gasteiger partial charge in [-0.25, -0.2) is 8.42 Å². The summed E-state index contributed by atoms with van der Waals surface area (Å²) < 4.78 is 22.4. The maximum absolute atomic E-state index is 11.2. The molecule has 0 amide bonds. The zero-order valence-corrected chi connectivity index (χ0v) is 11.9. The Hall–Kier alpha value is 0.200. The fraction of sp³-hybridized carbons (Fsp3) is 1.00. The fourth-order valence-electron chi connectivity index (χ4n) is 1.47. The molecule has 0 saturated heterocycles. The number of sulfone groups is 1. The van der Waals surface area contributed by atoms with Gasteiger partial charge in [0, 0.05) is 11.6 Å². The minimum atomic E-state index is -2.80. The lowest BCUT2D eigenvalue weighted by atomic mass is 10.0. The first-order chi connectivity index (χ1) is 7.55. The quantitative estimate of drug-likeness (QED) is 0.488. The SMILES string of the molecule is CCC(CCCl)CNCCCS(=O)(=O)CC. The Labute approximate surface area is 105 Å². The lowest BCUT2D eigenvalue weighted by Crippen LogP contribution is -2.25. The normalized spacial score (nSPS) is 13.9. The summed E-state index contributed by atoms with van der Waals surface area (Å²) in [5.74, 6) is 1.85. The van der Waals surface area contributed by atoms with Gasteiger partial charge in [0.15, 0.2) is 0 Å². The van der Waals surface area contributed by atoms with Crippen LogP contribution in [0.15, 0.2) is 0 Å². The highest BCUT2D eigenvalue weighted by Crippen LogP contribution is 2.07. The van der Waals surface area contributed by atoms with E-state index >= 15 is 0 Å². The number of halogens is 1. The van der Waals surface area contributed by atoms with Gasteiger partial charge < -0.3 is 5.32 Å². The molecule has 1 atom stereocenters. The van der Waals surface area contributed by atoms with Crippen LogP contribution in [0.25, 0.3) is 0 Å². The Balaban J connectivity index is 3.52. The molecule has 1 N–H and O–H groups in total. The second kappa shape index (κ2) is 9.25. The van der Waals surface area contributed by atoms with Crippen LogP contribution in [-0.2, 0) is 9.84 Å². The van der Waals surface area contributed by atoms with E-state index in [2.05, 4.69) is 12.2 Å². The molecule has 0 bridgehead atoms. The Morgan fingerprint density at radius 1 is 1.31 bits per heavy atom. The molecule has 3 nitrogen and oxygen atoms in total. The maximum Gasteiger partial charge on any atom is 0.150 e. The van der Waals surface area contributed by atoms with Gasteiger partial charge in [-0.3, -0.25) is 0 Å². The van der Waals surface area contributed by atoms with Crippen LogP contribution < -0.4 is 5.32 Å². The van der Waals surface area contributed by atoms with E-state index < -0.39 is 9.84 Å². The molecule has 0 spiro atoms. The molecule has 0 fully saturated rings. The molecule has 5 heteroatoms. The van der Waals surface area contributed by atoms with Crippen molar-refractivity contribution in [2.24, 2.45) is 5.92 Å². The van der Waals surface area contributed by atoms with Gasteiger partial charge in [0.1, 0.15) is 9.84 Å². The number of hydrogen-bond acceptors (Lipinski definition) is 3. The van der Waals surface area contributed by atoms with Gasteiger partial charge in [0.2, 0.25) is 0 Å². The van der Waals surface area contributed by atoms with Crippen LogP contribution >= 0.6 is 11.6 Å². The molecule has 0 rings (SSSR count). The molecule has 0 aliphatic carbocycles. The van der Waals surface area contributed by atoms with Crippen molar-refractivity contribution in [2.45, 2.75) is 33.1 Å². The topological polar surface area (TPSA) is 46.2 Å². The van der Waals surface area contributed by atoms with E-state index in [4.69, 9.17) is 11.6 Å².